The highest BCUT2D eigenvalue weighted by Gasteiger charge is 2.29. The summed E-state index contributed by atoms with van der Waals surface area (Å²) in [6.07, 6.45) is 0.677. The van der Waals surface area contributed by atoms with E-state index < -0.39 is 5.92 Å². The molecule has 0 N–H and O–H groups in total. The second-order valence-corrected chi connectivity index (χ2v) is 5.84. The van der Waals surface area contributed by atoms with E-state index >= 15 is 0 Å². The molecule has 0 heterocycles. The van der Waals surface area contributed by atoms with Crippen LogP contribution in [-0.2, 0) is 5.92 Å². The van der Waals surface area contributed by atoms with Gasteiger partial charge in [-0.25, -0.2) is 8.78 Å². The van der Waals surface area contributed by atoms with Crippen LogP contribution in [0.3, 0.4) is 0 Å². The van der Waals surface area contributed by atoms with Crippen molar-refractivity contribution < 1.29 is 8.78 Å². The van der Waals surface area contributed by atoms with E-state index in [0.717, 1.165) is 12.6 Å². The average Bonchev–Trinajstić information content (AvgIpc) is 2.23. The Hall–Kier alpha value is -1.25. The number of aliphatic imine (C=N–C) groups is 1. The predicted molar refractivity (Wildman–Crippen MR) is 72.5 cm³/mol. The molecule has 1 aromatic rings. The van der Waals surface area contributed by atoms with Gasteiger partial charge < -0.3 is 0 Å². The summed E-state index contributed by atoms with van der Waals surface area (Å²) in [5.41, 5.74) is 1.36. The number of alkyl halides is 2. The maximum absolute atomic E-state index is 13.6. The zero-order valence-electron chi connectivity index (χ0n) is 11.7. The number of nitrogens with zero attached hydrogens (tertiary/aromatic N) is 1. The Morgan fingerprint density at radius 1 is 1.11 bits per heavy atom. The third-order valence-corrected chi connectivity index (χ3v) is 2.68. The predicted octanol–water partition coefficient (Wildman–Crippen LogP) is 4.65. The SMILES string of the molecule is CN=C(CC(C)(C)C)c1ccccc1C(C)(F)F. The van der Waals surface area contributed by atoms with Gasteiger partial charge in [0.25, 0.3) is 5.92 Å². The molecule has 3 heteroatoms. The Balaban J connectivity index is 3.24. The first-order valence-electron chi connectivity index (χ1n) is 6.08. The van der Waals surface area contributed by atoms with Gasteiger partial charge in [0.05, 0.1) is 0 Å². The zero-order chi connectivity index (χ0) is 14.0. The molecule has 0 saturated carbocycles. The number of hydrogen-bond acceptors (Lipinski definition) is 1. The second-order valence-electron chi connectivity index (χ2n) is 5.84. The first-order valence-corrected chi connectivity index (χ1v) is 6.08. The minimum absolute atomic E-state index is 0.0188. The summed E-state index contributed by atoms with van der Waals surface area (Å²) in [6, 6.07) is 6.61. The lowest BCUT2D eigenvalue weighted by molar-refractivity contribution is 0.0172. The molecule has 0 atom stereocenters. The smallest absolute Gasteiger partial charge is 0.271 e. The van der Waals surface area contributed by atoms with Crippen molar-refractivity contribution in [2.24, 2.45) is 10.4 Å². The average molecular weight is 253 g/mol. The van der Waals surface area contributed by atoms with Gasteiger partial charge in [0.2, 0.25) is 0 Å². The fraction of sp³-hybridized carbons (Fsp3) is 0.533. The first-order chi connectivity index (χ1) is 8.15. The summed E-state index contributed by atoms with van der Waals surface area (Å²) >= 11 is 0. The maximum atomic E-state index is 13.6. The largest absolute Gasteiger partial charge is 0.292 e. The molecule has 0 aliphatic heterocycles. The zero-order valence-corrected chi connectivity index (χ0v) is 11.7. The van der Waals surface area contributed by atoms with Crippen molar-refractivity contribution in [3.8, 4) is 0 Å². The molecular weight excluding hydrogens is 232 g/mol. The molecule has 0 amide bonds. The third-order valence-electron chi connectivity index (χ3n) is 2.68. The Morgan fingerprint density at radius 3 is 2.11 bits per heavy atom. The quantitative estimate of drug-likeness (QED) is 0.695. The fourth-order valence-electron chi connectivity index (χ4n) is 1.91. The van der Waals surface area contributed by atoms with Gasteiger partial charge in [-0.3, -0.25) is 4.99 Å². The molecule has 1 rings (SSSR count). The summed E-state index contributed by atoms with van der Waals surface area (Å²) in [5, 5.41) is 0. The molecule has 0 spiro atoms. The van der Waals surface area contributed by atoms with Crippen molar-refractivity contribution in [1.29, 1.82) is 0 Å². The van der Waals surface area contributed by atoms with Crippen LogP contribution in [0.1, 0.15) is 45.2 Å². The van der Waals surface area contributed by atoms with E-state index in [2.05, 4.69) is 25.8 Å². The maximum Gasteiger partial charge on any atom is 0.271 e. The van der Waals surface area contributed by atoms with Crippen molar-refractivity contribution in [3.05, 3.63) is 35.4 Å². The molecule has 0 aliphatic rings. The van der Waals surface area contributed by atoms with Gasteiger partial charge in [0.15, 0.2) is 0 Å². The summed E-state index contributed by atoms with van der Waals surface area (Å²) in [6.45, 7) is 7.15. The lowest BCUT2D eigenvalue weighted by atomic mass is 9.85. The van der Waals surface area contributed by atoms with Crippen LogP contribution >= 0.6 is 0 Å². The highest BCUT2D eigenvalue weighted by atomic mass is 19.3. The van der Waals surface area contributed by atoms with Crippen molar-refractivity contribution in [1.82, 2.24) is 0 Å². The van der Waals surface area contributed by atoms with Gasteiger partial charge in [-0.05, 0) is 11.8 Å². The molecule has 0 aliphatic carbocycles. The van der Waals surface area contributed by atoms with Crippen molar-refractivity contribution in [2.75, 3.05) is 7.05 Å². The van der Waals surface area contributed by atoms with Crippen molar-refractivity contribution in [3.63, 3.8) is 0 Å². The summed E-state index contributed by atoms with van der Waals surface area (Å²) in [7, 11) is 1.66. The van der Waals surface area contributed by atoms with E-state index in [-0.39, 0.29) is 11.0 Å². The van der Waals surface area contributed by atoms with E-state index in [1.54, 1.807) is 25.2 Å². The molecule has 18 heavy (non-hydrogen) atoms. The molecular formula is C15H21F2N. The van der Waals surface area contributed by atoms with Crippen LogP contribution in [0.4, 0.5) is 8.78 Å². The number of hydrogen-bond donors (Lipinski definition) is 0. The van der Waals surface area contributed by atoms with E-state index in [0.29, 0.717) is 12.0 Å². The minimum Gasteiger partial charge on any atom is -0.292 e. The van der Waals surface area contributed by atoms with Gasteiger partial charge in [0.1, 0.15) is 0 Å². The Kier molecular flexibility index (Phi) is 4.25. The summed E-state index contributed by atoms with van der Waals surface area (Å²) in [4.78, 5) is 4.20. The molecule has 0 unspecified atom stereocenters. The summed E-state index contributed by atoms with van der Waals surface area (Å²) < 4.78 is 27.2. The van der Waals surface area contributed by atoms with Crippen LogP contribution in [-0.4, -0.2) is 12.8 Å². The molecule has 0 fully saturated rings. The monoisotopic (exact) mass is 253 g/mol. The number of benzene rings is 1. The molecule has 0 aromatic heterocycles. The number of halogens is 2. The van der Waals surface area contributed by atoms with Crippen LogP contribution in [0, 0.1) is 5.41 Å². The topological polar surface area (TPSA) is 12.4 Å². The standard InChI is InChI=1S/C15H21F2N/c1-14(2,3)10-13(18-5)11-8-6-7-9-12(11)15(4,16)17/h6-9H,10H2,1-5H3. The first kappa shape index (κ1) is 14.8. The molecule has 1 aromatic carbocycles. The lowest BCUT2D eigenvalue weighted by Crippen LogP contribution is -2.19. The Bertz CT molecular complexity index is 437. The van der Waals surface area contributed by atoms with Crippen LogP contribution in [0.5, 0.6) is 0 Å². The van der Waals surface area contributed by atoms with Crippen LogP contribution < -0.4 is 0 Å². The van der Waals surface area contributed by atoms with Crippen molar-refractivity contribution >= 4 is 5.71 Å². The number of rotatable bonds is 3. The van der Waals surface area contributed by atoms with Gasteiger partial charge in [0, 0.05) is 30.8 Å². The molecule has 100 valence electrons. The lowest BCUT2D eigenvalue weighted by Gasteiger charge is -2.22. The van der Waals surface area contributed by atoms with Crippen LogP contribution in [0.2, 0.25) is 0 Å². The second kappa shape index (κ2) is 5.17. The molecule has 0 bridgehead atoms. The highest BCUT2D eigenvalue weighted by molar-refractivity contribution is 6.02. The van der Waals surface area contributed by atoms with Gasteiger partial charge in [-0.2, -0.15) is 0 Å². The van der Waals surface area contributed by atoms with Crippen molar-refractivity contribution in [2.45, 2.75) is 40.0 Å². The fourth-order valence-corrected chi connectivity index (χ4v) is 1.91. The van der Waals surface area contributed by atoms with Gasteiger partial charge in [-0.15, -0.1) is 0 Å². The molecule has 0 saturated heterocycles. The van der Waals surface area contributed by atoms with Gasteiger partial charge in [-0.1, -0.05) is 45.0 Å². The van der Waals surface area contributed by atoms with Gasteiger partial charge >= 0.3 is 0 Å². The third kappa shape index (κ3) is 3.90. The molecule has 1 nitrogen and oxygen atoms in total. The van der Waals surface area contributed by atoms with E-state index in [4.69, 9.17) is 0 Å². The minimum atomic E-state index is -2.84. The van der Waals surface area contributed by atoms with E-state index in [1.807, 2.05) is 0 Å². The Morgan fingerprint density at radius 2 is 1.67 bits per heavy atom. The normalized spacial score (nSPS) is 13.8. The van der Waals surface area contributed by atoms with Crippen LogP contribution in [0.15, 0.2) is 29.3 Å². The van der Waals surface area contributed by atoms with E-state index in [1.165, 1.54) is 6.07 Å². The molecule has 0 radical (unpaired) electrons. The summed E-state index contributed by atoms with van der Waals surface area (Å²) in [5.74, 6) is -2.84. The Labute approximate surface area is 108 Å². The van der Waals surface area contributed by atoms with E-state index in [9.17, 15) is 8.78 Å². The van der Waals surface area contributed by atoms with Crippen LogP contribution in [0.25, 0.3) is 0 Å². The highest BCUT2D eigenvalue weighted by Crippen LogP contribution is 2.32.